The molecular weight excluding hydrogens is 252 g/mol. The normalized spacial score (nSPS) is 17.9. The first-order valence-electron chi connectivity index (χ1n) is 6.71. The lowest BCUT2D eigenvalue weighted by Gasteiger charge is -2.22. The number of amides is 1. The highest BCUT2D eigenvalue weighted by atomic mass is 35.5. The molecule has 0 radical (unpaired) electrons. The molecule has 1 heterocycles. The first-order chi connectivity index (χ1) is 8.22. The number of halogens is 1. The molecule has 0 spiro atoms. The topological polar surface area (TPSA) is 50.4 Å². The van der Waals surface area contributed by atoms with Gasteiger partial charge >= 0.3 is 0 Å². The molecule has 1 unspecified atom stereocenters. The van der Waals surface area contributed by atoms with Crippen LogP contribution in [0.1, 0.15) is 39.0 Å². The molecule has 1 amide bonds. The van der Waals surface area contributed by atoms with Gasteiger partial charge in [-0.25, -0.2) is 0 Å². The molecule has 5 heteroatoms. The molecule has 1 saturated heterocycles. The summed E-state index contributed by atoms with van der Waals surface area (Å²) in [6.07, 6.45) is 5.01. The Kier molecular flexibility index (Phi) is 10.4. The van der Waals surface area contributed by atoms with E-state index in [9.17, 15) is 4.79 Å². The average Bonchev–Trinajstić information content (AvgIpc) is 2.35. The Labute approximate surface area is 117 Å². The van der Waals surface area contributed by atoms with E-state index in [0.29, 0.717) is 13.0 Å². The maximum absolute atomic E-state index is 11.7. The van der Waals surface area contributed by atoms with Crippen LogP contribution in [0.25, 0.3) is 0 Å². The van der Waals surface area contributed by atoms with Crippen molar-refractivity contribution in [2.45, 2.75) is 45.1 Å². The number of ether oxygens (including phenoxy) is 1. The summed E-state index contributed by atoms with van der Waals surface area (Å²) >= 11 is 0. The highest BCUT2D eigenvalue weighted by molar-refractivity contribution is 5.85. The van der Waals surface area contributed by atoms with Crippen molar-refractivity contribution in [2.24, 2.45) is 5.92 Å². The van der Waals surface area contributed by atoms with E-state index in [4.69, 9.17) is 4.74 Å². The molecule has 18 heavy (non-hydrogen) atoms. The van der Waals surface area contributed by atoms with Crippen molar-refractivity contribution in [3.05, 3.63) is 0 Å². The minimum absolute atomic E-state index is 0. The van der Waals surface area contributed by atoms with Crippen LogP contribution in [0.3, 0.4) is 0 Å². The molecule has 1 rings (SSSR count). The zero-order chi connectivity index (χ0) is 12.5. The fraction of sp³-hybridized carbons (Fsp3) is 0.923. The fourth-order valence-electron chi connectivity index (χ4n) is 2.22. The maximum Gasteiger partial charge on any atom is 0.220 e. The molecule has 0 aromatic carbocycles. The van der Waals surface area contributed by atoms with Crippen LogP contribution in [0.15, 0.2) is 0 Å². The van der Waals surface area contributed by atoms with Gasteiger partial charge in [0.2, 0.25) is 5.91 Å². The van der Waals surface area contributed by atoms with Gasteiger partial charge in [-0.15, -0.1) is 12.4 Å². The highest BCUT2D eigenvalue weighted by Gasteiger charge is 2.15. The summed E-state index contributed by atoms with van der Waals surface area (Å²) in [6, 6.07) is 0.218. The maximum atomic E-state index is 11.7. The summed E-state index contributed by atoms with van der Waals surface area (Å²) in [5.74, 6) is 0.920. The minimum atomic E-state index is 0. The minimum Gasteiger partial charge on any atom is -0.385 e. The Bertz CT molecular complexity index is 221. The first-order valence-corrected chi connectivity index (χ1v) is 6.71. The third-order valence-electron chi connectivity index (χ3n) is 3.40. The lowest BCUT2D eigenvalue weighted by atomic mass is 9.93. The van der Waals surface area contributed by atoms with E-state index in [1.54, 1.807) is 7.11 Å². The second kappa shape index (κ2) is 10.6. The standard InChI is InChI=1S/C13H26N2O2.ClH/c1-11(7-10-17-2)15-13(16)4-3-12-5-8-14-9-6-12;/h11-12,14H,3-10H2,1-2H3,(H,15,16);1H. The van der Waals surface area contributed by atoms with E-state index in [1.807, 2.05) is 6.92 Å². The summed E-state index contributed by atoms with van der Waals surface area (Å²) in [7, 11) is 1.69. The first kappa shape index (κ1) is 17.7. The average molecular weight is 279 g/mol. The molecule has 1 aliphatic heterocycles. The predicted octanol–water partition coefficient (Wildman–Crippen LogP) is 1.73. The van der Waals surface area contributed by atoms with Gasteiger partial charge in [-0.3, -0.25) is 4.79 Å². The monoisotopic (exact) mass is 278 g/mol. The van der Waals surface area contributed by atoms with Gasteiger partial charge in [0, 0.05) is 26.2 Å². The molecule has 0 saturated carbocycles. The van der Waals surface area contributed by atoms with Crippen molar-refractivity contribution in [2.75, 3.05) is 26.8 Å². The quantitative estimate of drug-likeness (QED) is 0.746. The van der Waals surface area contributed by atoms with Crippen molar-refractivity contribution in [1.82, 2.24) is 10.6 Å². The van der Waals surface area contributed by atoms with E-state index in [2.05, 4.69) is 10.6 Å². The number of carbonyl (C=O) groups is 1. The summed E-state index contributed by atoms with van der Waals surface area (Å²) in [5.41, 5.74) is 0. The van der Waals surface area contributed by atoms with E-state index in [1.165, 1.54) is 12.8 Å². The van der Waals surface area contributed by atoms with Crippen LogP contribution in [-0.2, 0) is 9.53 Å². The lowest BCUT2D eigenvalue weighted by molar-refractivity contribution is -0.122. The molecule has 0 aromatic heterocycles. The highest BCUT2D eigenvalue weighted by Crippen LogP contribution is 2.17. The smallest absolute Gasteiger partial charge is 0.220 e. The van der Waals surface area contributed by atoms with E-state index >= 15 is 0 Å². The van der Waals surface area contributed by atoms with Crippen LogP contribution in [0, 0.1) is 5.92 Å². The number of carbonyl (C=O) groups excluding carboxylic acids is 1. The van der Waals surface area contributed by atoms with E-state index < -0.39 is 0 Å². The molecule has 0 aliphatic carbocycles. The SMILES string of the molecule is COCCC(C)NC(=O)CCC1CCNCC1.Cl. The van der Waals surface area contributed by atoms with Crippen molar-refractivity contribution < 1.29 is 9.53 Å². The second-order valence-corrected chi connectivity index (χ2v) is 4.98. The molecule has 108 valence electrons. The van der Waals surface area contributed by atoms with Crippen LogP contribution in [0.4, 0.5) is 0 Å². The Morgan fingerprint density at radius 2 is 2.11 bits per heavy atom. The molecule has 0 bridgehead atoms. The van der Waals surface area contributed by atoms with E-state index in [0.717, 1.165) is 31.8 Å². The summed E-state index contributed by atoms with van der Waals surface area (Å²) in [6.45, 7) is 4.95. The number of hydrogen-bond donors (Lipinski definition) is 2. The summed E-state index contributed by atoms with van der Waals surface area (Å²) < 4.78 is 4.99. The number of nitrogens with one attached hydrogen (secondary N) is 2. The van der Waals surface area contributed by atoms with Crippen LogP contribution in [-0.4, -0.2) is 38.8 Å². The van der Waals surface area contributed by atoms with Gasteiger partial charge in [0.25, 0.3) is 0 Å². The van der Waals surface area contributed by atoms with Crippen LogP contribution < -0.4 is 10.6 Å². The number of methoxy groups -OCH3 is 1. The Hall–Kier alpha value is -0.320. The summed E-state index contributed by atoms with van der Waals surface area (Å²) in [5, 5.41) is 6.36. The van der Waals surface area contributed by atoms with Crippen molar-refractivity contribution in [1.29, 1.82) is 0 Å². The predicted molar refractivity (Wildman–Crippen MR) is 76.2 cm³/mol. The van der Waals surface area contributed by atoms with Gasteiger partial charge in [-0.1, -0.05) is 0 Å². The van der Waals surface area contributed by atoms with Gasteiger partial charge in [0.1, 0.15) is 0 Å². The van der Waals surface area contributed by atoms with Gasteiger partial charge in [-0.05, 0) is 51.6 Å². The van der Waals surface area contributed by atoms with Crippen LogP contribution in [0.2, 0.25) is 0 Å². The zero-order valence-electron chi connectivity index (χ0n) is 11.5. The zero-order valence-corrected chi connectivity index (χ0v) is 12.4. The van der Waals surface area contributed by atoms with Crippen molar-refractivity contribution >= 4 is 18.3 Å². The van der Waals surface area contributed by atoms with Gasteiger partial charge in [0.15, 0.2) is 0 Å². The van der Waals surface area contributed by atoms with Gasteiger partial charge < -0.3 is 15.4 Å². The fourth-order valence-corrected chi connectivity index (χ4v) is 2.22. The Morgan fingerprint density at radius 1 is 1.44 bits per heavy atom. The second-order valence-electron chi connectivity index (χ2n) is 4.98. The third kappa shape index (κ3) is 7.90. The molecule has 1 atom stereocenters. The Morgan fingerprint density at radius 3 is 2.72 bits per heavy atom. The summed E-state index contributed by atoms with van der Waals surface area (Å²) in [4.78, 5) is 11.7. The number of rotatable bonds is 7. The lowest BCUT2D eigenvalue weighted by Crippen LogP contribution is -2.34. The largest absolute Gasteiger partial charge is 0.385 e. The third-order valence-corrected chi connectivity index (χ3v) is 3.40. The Balaban J connectivity index is 0.00000289. The molecule has 1 aliphatic rings. The van der Waals surface area contributed by atoms with Crippen LogP contribution in [0.5, 0.6) is 0 Å². The molecule has 0 aromatic rings. The molecule has 2 N–H and O–H groups in total. The van der Waals surface area contributed by atoms with Gasteiger partial charge in [0.05, 0.1) is 0 Å². The molecule has 1 fully saturated rings. The van der Waals surface area contributed by atoms with Crippen LogP contribution >= 0.6 is 12.4 Å². The van der Waals surface area contributed by atoms with Crippen molar-refractivity contribution in [3.8, 4) is 0 Å². The van der Waals surface area contributed by atoms with Gasteiger partial charge in [-0.2, -0.15) is 0 Å². The molecule has 4 nitrogen and oxygen atoms in total. The van der Waals surface area contributed by atoms with Crippen molar-refractivity contribution in [3.63, 3.8) is 0 Å². The molecular formula is C13H27ClN2O2. The van der Waals surface area contributed by atoms with E-state index in [-0.39, 0.29) is 24.4 Å². The number of piperidine rings is 1. The number of hydrogen-bond acceptors (Lipinski definition) is 3.